The Morgan fingerprint density at radius 1 is 1.20 bits per heavy atom. The molecule has 1 aliphatic rings. The molecule has 8 heteroatoms. The van der Waals surface area contributed by atoms with Crippen LogP contribution in [-0.4, -0.2) is 47.0 Å². The fourth-order valence-electron chi connectivity index (χ4n) is 2.39. The lowest BCUT2D eigenvalue weighted by Gasteiger charge is -2.24. The summed E-state index contributed by atoms with van der Waals surface area (Å²) in [5.74, 6) is 0. The molecular weight excluding hydrogens is 339 g/mol. The van der Waals surface area contributed by atoms with Crippen molar-refractivity contribution in [3.8, 4) is 0 Å². The summed E-state index contributed by atoms with van der Waals surface area (Å²) in [5, 5.41) is 10.0. The summed E-state index contributed by atoms with van der Waals surface area (Å²) in [6, 6.07) is 4.62. The first-order valence-electron chi connectivity index (χ1n) is 7.89. The summed E-state index contributed by atoms with van der Waals surface area (Å²) in [7, 11) is 0. The third-order valence-electron chi connectivity index (χ3n) is 3.63. The molecule has 0 aromatic heterocycles. The van der Waals surface area contributed by atoms with Gasteiger partial charge in [-0.15, -0.1) is 0 Å². The predicted molar refractivity (Wildman–Crippen MR) is 83.8 cm³/mol. The summed E-state index contributed by atoms with van der Waals surface area (Å²) in [6.07, 6.45) is -6.40. The van der Waals surface area contributed by atoms with Gasteiger partial charge in [0.05, 0.1) is 31.4 Å². The molecule has 0 saturated carbocycles. The molecule has 140 valence electrons. The molecule has 5 nitrogen and oxygen atoms in total. The topological polar surface area (TPSA) is 59.0 Å². The fourth-order valence-corrected chi connectivity index (χ4v) is 2.39. The van der Waals surface area contributed by atoms with Gasteiger partial charge in [0.2, 0.25) is 0 Å². The zero-order chi connectivity index (χ0) is 18.8. The highest BCUT2D eigenvalue weighted by Crippen LogP contribution is 2.29. The van der Waals surface area contributed by atoms with Crippen LogP contribution in [0.25, 0.3) is 0 Å². The van der Waals surface area contributed by atoms with Crippen LogP contribution >= 0.6 is 0 Å². The van der Waals surface area contributed by atoms with Crippen LogP contribution in [0, 0.1) is 0 Å². The van der Waals surface area contributed by atoms with Crippen molar-refractivity contribution in [3.63, 3.8) is 0 Å². The Bertz CT molecular complexity index is 595. The second kappa shape index (κ2) is 7.21. The maximum Gasteiger partial charge on any atom is 0.416 e. The van der Waals surface area contributed by atoms with E-state index in [0.29, 0.717) is 5.56 Å². The number of hydrogen-bond acceptors (Lipinski definition) is 4. The average molecular weight is 361 g/mol. The van der Waals surface area contributed by atoms with Gasteiger partial charge in [-0.2, -0.15) is 13.2 Å². The van der Waals surface area contributed by atoms with Gasteiger partial charge in [-0.05, 0) is 38.5 Å². The minimum absolute atomic E-state index is 0.0437. The van der Waals surface area contributed by atoms with E-state index in [1.165, 1.54) is 17.0 Å². The van der Waals surface area contributed by atoms with Crippen molar-refractivity contribution in [2.45, 2.75) is 51.4 Å². The third-order valence-corrected chi connectivity index (χ3v) is 3.63. The van der Waals surface area contributed by atoms with E-state index in [4.69, 9.17) is 9.47 Å². The molecule has 1 aromatic carbocycles. The first-order valence-corrected chi connectivity index (χ1v) is 7.89. The van der Waals surface area contributed by atoms with E-state index in [1.807, 2.05) is 0 Å². The number of benzene rings is 1. The molecule has 1 aliphatic heterocycles. The Morgan fingerprint density at radius 3 is 2.32 bits per heavy atom. The highest BCUT2D eigenvalue weighted by molar-refractivity contribution is 5.68. The highest BCUT2D eigenvalue weighted by atomic mass is 19.4. The summed E-state index contributed by atoms with van der Waals surface area (Å²) < 4.78 is 48.4. The highest BCUT2D eigenvalue weighted by Gasteiger charge is 2.37. The summed E-state index contributed by atoms with van der Waals surface area (Å²) in [6.45, 7) is 5.54. The van der Waals surface area contributed by atoms with Gasteiger partial charge < -0.3 is 19.5 Å². The van der Waals surface area contributed by atoms with Gasteiger partial charge in [-0.25, -0.2) is 4.79 Å². The van der Waals surface area contributed by atoms with Crippen LogP contribution in [0.15, 0.2) is 24.3 Å². The molecule has 1 aromatic rings. The molecule has 1 amide bonds. The van der Waals surface area contributed by atoms with E-state index in [0.717, 1.165) is 12.1 Å². The maximum absolute atomic E-state index is 12.5. The number of likely N-dealkylation sites (tertiary alicyclic amines) is 1. The molecule has 0 unspecified atom stereocenters. The number of nitrogens with zero attached hydrogens (tertiary/aromatic N) is 1. The third kappa shape index (κ3) is 5.61. The number of amides is 1. The normalized spacial score (nSPS) is 21.5. The molecule has 0 radical (unpaired) electrons. The zero-order valence-corrected chi connectivity index (χ0v) is 14.3. The van der Waals surface area contributed by atoms with Crippen LogP contribution in [0.1, 0.15) is 31.9 Å². The number of carbonyl (C=O) groups is 1. The van der Waals surface area contributed by atoms with Crippen LogP contribution in [0.5, 0.6) is 0 Å². The lowest BCUT2D eigenvalue weighted by atomic mass is 10.1. The molecule has 2 atom stereocenters. The minimum atomic E-state index is -4.38. The molecule has 1 N–H and O–H groups in total. The van der Waals surface area contributed by atoms with Gasteiger partial charge in [0.15, 0.2) is 0 Å². The Balaban J connectivity index is 1.88. The molecule has 1 saturated heterocycles. The lowest BCUT2D eigenvalue weighted by Crippen LogP contribution is -2.36. The van der Waals surface area contributed by atoms with Gasteiger partial charge in [-0.3, -0.25) is 0 Å². The molecule has 1 heterocycles. The second-order valence-corrected chi connectivity index (χ2v) is 7.00. The molecule has 0 aliphatic carbocycles. The first-order chi connectivity index (χ1) is 11.5. The van der Waals surface area contributed by atoms with Crippen LogP contribution in [0.4, 0.5) is 18.0 Å². The van der Waals surface area contributed by atoms with E-state index in [9.17, 15) is 23.1 Å². The first kappa shape index (κ1) is 19.5. The number of ether oxygens (including phenoxy) is 2. The smallest absolute Gasteiger partial charge is 0.416 e. The molecule has 2 rings (SSSR count). The number of alkyl halides is 3. The predicted octanol–water partition coefficient (Wildman–Crippen LogP) is 3.20. The van der Waals surface area contributed by atoms with Crippen molar-refractivity contribution in [1.82, 2.24) is 4.90 Å². The standard InChI is InChI=1S/C17H22F3NO4/c1-16(2,3)25-15(23)21-8-13(22)14(9-21)24-10-11-4-6-12(7-5-11)17(18,19)20/h4-7,13-14,22H,8-10H2,1-3H3/t13-,14-/m1/s1. The van der Waals surface area contributed by atoms with E-state index in [1.54, 1.807) is 20.8 Å². The van der Waals surface area contributed by atoms with E-state index >= 15 is 0 Å². The number of carbonyl (C=O) groups excluding carboxylic acids is 1. The minimum Gasteiger partial charge on any atom is -0.444 e. The van der Waals surface area contributed by atoms with E-state index in [-0.39, 0.29) is 19.7 Å². The van der Waals surface area contributed by atoms with Crippen LogP contribution in [0.3, 0.4) is 0 Å². The largest absolute Gasteiger partial charge is 0.444 e. The van der Waals surface area contributed by atoms with Crippen LogP contribution < -0.4 is 0 Å². The summed E-state index contributed by atoms with van der Waals surface area (Å²) in [4.78, 5) is 13.3. The molecule has 1 fully saturated rings. The van der Waals surface area contributed by atoms with Crippen molar-refractivity contribution in [3.05, 3.63) is 35.4 Å². The number of halogens is 3. The fraction of sp³-hybridized carbons (Fsp3) is 0.588. The van der Waals surface area contributed by atoms with Crippen molar-refractivity contribution in [2.24, 2.45) is 0 Å². The quantitative estimate of drug-likeness (QED) is 0.898. The van der Waals surface area contributed by atoms with Gasteiger partial charge in [0, 0.05) is 0 Å². The molecule has 0 spiro atoms. The summed E-state index contributed by atoms with van der Waals surface area (Å²) >= 11 is 0. The lowest BCUT2D eigenvalue weighted by molar-refractivity contribution is -0.137. The van der Waals surface area contributed by atoms with E-state index in [2.05, 4.69) is 0 Å². The Morgan fingerprint density at radius 2 is 1.80 bits per heavy atom. The summed E-state index contributed by atoms with van der Waals surface area (Å²) in [5.41, 5.74) is -0.814. The van der Waals surface area contributed by atoms with Crippen LogP contribution in [-0.2, 0) is 22.3 Å². The van der Waals surface area contributed by atoms with Gasteiger partial charge in [0.1, 0.15) is 11.7 Å². The Labute approximate surface area is 144 Å². The van der Waals surface area contributed by atoms with Crippen molar-refractivity contribution >= 4 is 6.09 Å². The van der Waals surface area contributed by atoms with E-state index < -0.39 is 35.6 Å². The number of β-amino-alcohol motifs (C(OH)–C–C–N with tert-alkyl or cyclic N) is 1. The van der Waals surface area contributed by atoms with Crippen molar-refractivity contribution in [2.75, 3.05) is 13.1 Å². The van der Waals surface area contributed by atoms with Crippen molar-refractivity contribution < 1.29 is 32.5 Å². The van der Waals surface area contributed by atoms with Gasteiger partial charge in [0.25, 0.3) is 0 Å². The van der Waals surface area contributed by atoms with Crippen LogP contribution in [0.2, 0.25) is 0 Å². The van der Waals surface area contributed by atoms with Crippen molar-refractivity contribution in [1.29, 1.82) is 0 Å². The molecule has 25 heavy (non-hydrogen) atoms. The zero-order valence-electron chi connectivity index (χ0n) is 14.3. The Hall–Kier alpha value is -1.80. The number of rotatable bonds is 3. The number of aliphatic hydroxyl groups excluding tert-OH is 1. The monoisotopic (exact) mass is 361 g/mol. The van der Waals surface area contributed by atoms with Gasteiger partial charge in [-0.1, -0.05) is 12.1 Å². The second-order valence-electron chi connectivity index (χ2n) is 7.00. The average Bonchev–Trinajstić information content (AvgIpc) is 2.84. The molecular formula is C17H22F3NO4. The maximum atomic E-state index is 12.5. The Kier molecular flexibility index (Phi) is 5.63. The number of hydrogen-bond donors (Lipinski definition) is 1. The number of aliphatic hydroxyl groups is 1. The molecule has 0 bridgehead atoms. The SMILES string of the molecule is CC(C)(C)OC(=O)N1C[C@@H](O)[C@H](OCc2ccc(C(F)(F)F)cc2)C1. The van der Waals surface area contributed by atoms with Gasteiger partial charge >= 0.3 is 12.3 Å².